The number of likely N-dealkylation sites (tertiary alicyclic amines) is 1. The normalized spacial score (nSPS) is 18.6. The van der Waals surface area contributed by atoms with Gasteiger partial charge in [0.2, 0.25) is 5.91 Å². The van der Waals surface area contributed by atoms with Crippen LogP contribution in [0, 0.1) is 0 Å². The first kappa shape index (κ1) is 12.9. The molecule has 1 unspecified atom stereocenters. The summed E-state index contributed by atoms with van der Waals surface area (Å²) in [5.41, 5.74) is 3.41. The van der Waals surface area contributed by atoms with Crippen LogP contribution in [0.2, 0.25) is 0 Å². The van der Waals surface area contributed by atoms with Crippen LogP contribution in [0.25, 0.3) is 11.1 Å². The van der Waals surface area contributed by atoms with E-state index in [0.29, 0.717) is 13.1 Å². The maximum Gasteiger partial charge on any atom is 0.225 e. The highest BCUT2D eigenvalue weighted by molar-refractivity contribution is 5.79. The summed E-state index contributed by atoms with van der Waals surface area (Å²) in [7, 11) is 0. The fraction of sp³-hybridized carbons (Fsp3) is 0.235. The van der Waals surface area contributed by atoms with E-state index in [0.717, 1.165) is 11.1 Å². The first-order valence-corrected chi connectivity index (χ1v) is 6.82. The lowest BCUT2D eigenvalue weighted by atomic mass is 10.0. The third kappa shape index (κ3) is 2.73. The molecule has 20 heavy (non-hydrogen) atoms. The van der Waals surface area contributed by atoms with Gasteiger partial charge in [0.25, 0.3) is 0 Å². The Morgan fingerprint density at radius 3 is 2.50 bits per heavy atom. The molecule has 1 N–H and O–H groups in total. The molecule has 1 heterocycles. The van der Waals surface area contributed by atoms with Gasteiger partial charge in [0.15, 0.2) is 0 Å². The highest BCUT2D eigenvalue weighted by Crippen LogP contribution is 2.22. The molecule has 3 rings (SSSR count). The summed E-state index contributed by atoms with van der Waals surface area (Å²) >= 11 is 0. The lowest BCUT2D eigenvalue weighted by molar-refractivity contribution is -0.128. The molecule has 0 saturated carbocycles. The van der Waals surface area contributed by atoms with Gasteiger partial charge in [-0.2, -0.15) is 0 Å². The average molecular weight is 267 g/mol. The van der Waals surface area contributed by atoms with Crippen molar-refractivity contribution in [2.45, 2.75) is 19.1 Å². The molecule has 2 aromatic rings. The third-order valence-electron chi connectivity index (χ3n) is 3.60. The van der Waals surface area contributed by atoms with E-state index < -0.39 is 6.10 Å². The Kier molecular flexibility index (Phi) is 3.52. The molecule has 0 bridgehead atoms. The van der Waals surface area contributed by atoms with Crippen molar-refractivity contribution in [1.29, 1.82) is 0 Å². The van der Waals surface area contributed by atoms with Crippen molar-refractivity contribution in [2.75, 3.05) is 6.54 Å². The monoisotopic (exact) mass is 267 g/mol. The van der Waals surface area contributed by atoms with Gasteiger partial charge in [-0.1, -0.05) is 48.5 Å². The Morgan fingerprint density at radius 2 is 1.80 bits per heavy atom. The number of β-amino-alcohol motifs (C(OH)–C–C–N with tert-alkyl or cyclic N) is 1. The summed E-state index contributed by atoms with van der Waals surface area (Å²) in [5, 5.41) is 9.52. The maximum atomic E-state index is 11.7. The molecule has 1 aliphatic heterocycles. The predicted octanol–water partition coefficient (Wildman–Crippen LogP) is 2.45. The zero-order valence-corrected chi connectivity index (χ0v) is 11.2. The Bertz CT molecular complexity index is 609. The summed E-state index contributed by atoms with van der Waals surface area (Å²) in [6.45, 7) is 1.00. The molecule has 0 radical (unpaired) electrons. The molecule has 0 spiro atoms. The number of amides is 1. The largest absolute Gasteiger partial charge is 0.391 e. The van der Waals surface area contributed by atoms with E-state index in [1.165, 1.54) is 5.56 Å². The molecular weight excluding hydrogens is 250 g/mol. The highest BCUT2D eigenvalue weighted by Gasteiger charge is 2.27. The number of carbonyl (C=O) groups excluding carboxylic acids is 1. The van der Waals surface area contributed by atoms with Gasteiger partial charge in [-0.15, -0.1) is 0 Å². The van der Waals surface area contributed by atoms with Gasteiger partial charge in [0, 0.05) is 13.1 Å². The van der Waals surface area contributed by atoms with Gasteiger partial charge in [0.05, 0.1) is 12.5 Å². The van der Waals surface area contributed by atoms with Crippen LogP contribution in [0.3, 0.4) is 0 Å². The van der Waals surface area contributed by atoms with Crippen LogP contribution in [0.5, 0.6) is 0 Å². The fourth-order valence-electron chi connectivity index (χ4n) is 2.60. The summed E-state index contributed by atoms with van der Waals surface area (Å²) < 4.78 is 0. The number of hydrogen-bond donors (Lipinski definition) is 1. The number of benzene rings is 2. The number of rotatable bonds is 3. The first-order valence-electron chi connectivity index (χ1n) is 6.82. The number of nitrogens with zero attached hydrogens (tertiary/aromatic N) is 1. The Balaban J connectivity index is 1.80. The second-order valence-corrected chi connectivity index (χ2v) is 5.20. The van der Waals surface area contributed by atoms with Crippen LogP contribution in [0.15, 0.2) is 54.6 Å². The van der Waals surface area contributed by atoms with Crippen molar-refractivity contribution >= 4 is 5.91 Å². The minimum Gasteiger partial charge on any atom is -0.391 e. The first-order chi connectivity index (χ1) is 9.72. The molecule has 1 amide bonds. The zero-order chi connectivity index (χ0) is 13.9. The number of aliphatic hydroxyl groups is 1. The molecule has 1 saturated heterocycles. The number of hydrogen-bond acceptors (Lipinski definition) is 2. The smallest absolute Gasteiger partial charge is 0.225 e. The third-order valence-corrected chi connectivity index (χ3v) is 3.60. The van der Waals surface area contributed by atoms with E-state index in [4.69, 9.17) is 0 Å². The van der Waals surface area contributed by atoms with Gasteiger partial charge in [-0.25, -0.2) is 0 Å². The molecule has 2 aromatic carbocycles. The van der Waals surface area contributed by atoms with Gasteiger partial charge < -0.3 is 10.0 Å². The van der Waals surface area contributed by atoms with Crippen LogP contribution in [-0.4, -0.2) is 28.6 Å². The maximum absolute atomic E-state index is 11.7. The molecule has 3 nitrogen and oxygen atoms in total. The van der Waals surface area contributed by atoms with Crippen LogP contribution in [0.1, 0.15) is 12.0 Å². The lowest BCUT2D eigenvalue weighted by Crippen LogP contribution is -2.25. The molecule has 1 atom stereocenters. The molecule has 102 valence electrons. The second-order valence-electron chi connectivity index (χ2n) is 5.20. The zero-order valence-electron chi connectivity index (χ0n) is 11.2. The van der Waals surface area contributed by atoms with Crippen molar-refractivity contribution in [3.63, 3.8) is 0 Å². The lowest BCUT2D eigenvalue weighted by Gasteiger charge is -2.16. The topological polar surface area (TPSA) is 40.5 Å². The van der Waals surface area contributed by atoms with Gasteiger partial charge in [-0.3, -0.25) is 4.79 Å². The second kappa shape index (κ2) is 5.47. The van der Waals surface area contributed by atoms with Crippen LogP contribution >= 0.6 is 0 Å². The van der Waals surface area contributed by atoms with Crippen LogP contribution in [-0.2, 0) is 11.3 Å². The summed E-state index contributed by atoms with van der Waals surface area (Å²) in [6, 6.07) is 18.4. The number of aliphatic hydroxyl groups excluding tert-OH is 1. The van der Waals surface area contributed by atoms with Crippen molar-refractivity contribution in [3.8, 4) is 11.1 Å². The molecular formula is C17H17NO2. The van der Waals surface area contributed by atoms with Gasteiger partial charge >= 0.3 is 0 Å². The minimum atomic E-state index is -0.514. The summed E-state index contributed by atoms with van der Waals surface area (Å²) in [6.07, 6.45) is -0.266. The highest BCUT2D eigenvalue weighted by atomic mass is 16.3. The fourth-order valence-corrected chi connectivity index (χ4v) is 2.60. The molecule has 3 heteroatoms. The quantitative estimate of drug-likeness (QED) is 0.928. The molecule has 1 aliphatic rings. The Labute approximate surface area is 118 Å². The van der Waals surface area contributed by atoms with Crippen LogP contribution in [0.4, 0.5) is 0 Å². The summed E-state index contributed by atoms with van der Waals surface area (Å²) in [4.78, 5) is 13.4. The van der Waals surface area contributed by atoms with E-state index >= 15 is 0 Å². The van der Waals surface area contributed by atoms with Crippen LogP contribution < -0.4 is 0 Å². The molecule has 0 aromatic heterocycles. The van der Waals surface area contributed by atoms with E-state index in [9.17, 15) is 9.90 Å². The standard InChI is InChI=1S/C17H17NO2/c19-16-10-17(20)18(12-16)11-13-5-4-8-15(9-13)14-6-2-1-3-7-14/h1-9,16,19H,10-12H2. The van der Waals surface area contributed by atoms with Crippen molar-refractivity contribution in [1.82, 2.24) is 4.90 Å². The van der Waals surface area contributed by atoms with Crippen molar-refractivity contribution in [3.05, 3.63) is 60.2 Å². The van der Waals surface area contributed by atoms with E-state index in [-0.39, 0.29) is 12.3 Å². The van der Waals surface area contributed by atoms with Gasteiger partial charge in [0.1, 0.15) is 0 Å². The summed E-state index contributed by atoms with van der Waals surface area (Å²) in [5.74, 6) is 0.0302. The molecule has 0 aliphatic carbocycles. The average Bonchev–Trinajstić information content (AvgIpc) is 2.78. The number of carbonyl (C=O) groups is 1. The predicted molar refractivity (Wildman–Crippen MR) is 77.9 cm³/mol. The van der Waals surface area contributed by atoms with Crippen molar-refractivity contribution < 1.29 is 9.90 Å². The molecule has 1 fully saturated rings. The SMILES string of the molecule is O=C1CC(O)CN1Cc1cccc(-c2ccccc2)c1. The van der Waals surface area contributed by atoms with Crippen molar-refractivity contribution in [2.24, 2.45) is 0 Å². The van der Waals surface area contributed by atoms with Gasteiger partial charge in [-0.05, 0) is 22.8 Å². The Morgan fingerprint density at radius 1 is 1.05 bits per heavy atom. The van der Waals surface area contributed by atoms with E-state index in [1.807, 2.05) is 30.3 Å². The van der Waals surface area contributed by atoms with E-state index in [1.54, 1.807) is 4.90 Å². The minimum absolute atomic E-state index is 0.0302. The van der Waals surface area contributed by atoms with E-state index in [2.05, 4.69) is 24.3 Å². The Hall–Kier alpha value is -2.13.